The molecular weight excluding hydrogens is 248 g/mol. The van der Waals surface area contributed by atoms with E-state index in [1.54, 1.807) is 0 Å². The van der Waals surface area contributed by atoms with Crippen LogP contribution in [0.4, 0.5) is 0 Å². The van der Waals surface area contributed by atoms with Gasteiger partial charge in [-0.15, -0.1) is 0 Å². The minimum atomic E-state index is 0.0613. The molecule has 2 aliphatic carbocycles. The fourth-order valence-electron chi connectivity index (χ4n) is 4.12. The molecule has 0 N–H and O–H groups in total. The van der Waals surface area contributed by atoms with E-state index in [-0.39, 0.29) is 12.1 Å². The highest BCUT2D eigenvalue weighted by molar-refractivity contribution is 5.69. The van der Waals surface area contributed by atoms with Crippen molar-refractivity contribution in [1.29, 1.82) is 0 Å². The Labute approximate surface area is 124 Å². The van der Waals surface area contributed by atoms with Gasteiger partial charge in [0.2, 0.25) is 0 Å². The molecule has 0 radical (unpaired) electrons. The third kappa shape index (κ3) is 4.79. The second-order valence-electron chi connectivity index (χ2n) is 6.83. The fourth-order valence-corrected chi connectivity index (χ4v) is 4.12. The molecule has 2 heteroatoms. The zero-order valence-corrected chi connectivity index (χ0v) is 13.2. The summed E-state index contributed by atoms with van der Waals surface area (Å²) in [6, 6.07) is 0. The second-order valence-corrected chi connectivity index (χ2v) is 6.83. The van der Waals surface area contributed by atoms with E-state index < -0.39 is 0 Å². The van der Waals surface area contributed by atoms with Gasteiger partial charge in [0.15, 0.2) is 0 Å². The molecule has 0 bridgehead atoms. The van der Waals surface area contributed by atoms with E-state index in [9.17, 15) is 4.79 Å². The summed E-state index contributed by atoms with van der Waals surface area (Å²) in [5, 5.41) is 0. The van der Waals surface area contributed by atoms with Crippen LogP contribution in [0.25, 0.3) is 0 Å². The number of carbonyl (C=O) groups excluding carboxylic acids is 1. The maximum absolute atomic E-state index is 12.0. The van der Waals surface area contributed by atoms with Gasteiger partial charge in [0.25, 0.3) is 0 Å². The minimum Gasteiger partial charge on any atom is -0.462 e. The van der Waals surface area contributed by atoms with Crippen molar-refractivity contribution in [3.8, 4) is 0 Å². The summed E-state index contributed by atoms with van der Waals surface area (Å²) in [6.45, 7) is 2.17. The zero-order valence-electron chi connectivity index (χ0n) is 13.2. The van der Waals surface area contributed by atoms with E-state index >= 15 is 0 Å². The Kier molecular flexibility index (Phi) is 6.89. The van der Waals surface area contributed by atoms with Crippen LogP contribution < -0.4 is 0 Å². The van der Waals surface area contributed by atoms with Crippen LogP contribution in [0.5, 0.6) is 0 Å². The van der Waals surface area contributed by atoms with Gasteiger partial charge in [0.05, 0.1) is 0 Å². The molecule has 0 amide bonds. The van der Waals surface area contributed by atoms with Crippen molar-refractivity contribution >= 4 is 5.97 Å². The summed E-state index contributed by atoms with van der Waals surface area (Å²) in [6.07, 6.45) is 16.1. The number of hydrogen-bond donors (Lipinski definition) is 0. The lowest BCUT2D eigenvalue weighted by molar-refractivity contribution is -0.155. The second kappa shape index (κ2) is 8.69. The first-order valence-electron chi connectivity index (χ1n) is 9.00. The van der Waals surface area contributed by atoms with Crippen LogP contribution in [0.3, 0.4) is 0 Å². The van der Waals surface area contributed by atoms with Crippen LogP contribution >= 0.6 is 0 Å². The number of rotatable bonds is 6. The van der Waals surface area contributed by atoms with Gasteiger partial charge in [-0.05, 0) is 37.5 Å². The van der Waals surface area contributed by atoms with Crippen molar-refractivity contribution in [2.45, 2.75) is 96.5 Å². The van der Waals surface area contributed by atoms with Gasteiger partial charge in [-0.25, -0.2) is 0 Å². The lowest BCUT2D eigenvalue weighted by atomic mass is 9.72. The number of ether oxygens (including phenoxy) is 1. The van der Waals surface area contributed by atoms with E-state index in [4.69, 9.17) is 4.74 Å². The molecule has 0 saturated heterocycles. The number of unbranched alkanes of at least 4 members (excludes halogenated alkanes) is 2. The Balaban J connectivity index is 1.81. The first kappa shape index (κ1) is 15.9. The van der Waals surface area contributed by atoms with E-state index in [2.05, 4.69) is 6.92 Å². The van der Waals surface area contributed by atoms with Crippen molar-refractivity contribution in [3.63, 3.8) is 0 Å². The number of hydrogen-bond acceptors (Lipinski definition) is 2. The van der Waals surface area contributed by atoms with Crippen LogP contribution in [0, 0.1) is 11.8 Å². The first-order chi connectivity index (χ1) is 9.81. The molecule has 2 atom stereocenters. The molecule has 2 rings (SSSR count). The van der Waals surface area contributed by atoms with Crippen molar-refractivity contribution < 1.29 is 9.53 Å². The van der Waals surface area contributed by atoms with Crippen LogP contribution in [0.15, 0.2) is 0 Å². The molecule has 0 aliphatic heterocycles. The predicted molar refractivity (Wildman–Crippen MR) is 82.6 cm³/mol. The molecule has 0 heterocycles. The van der Waals surface area contributed by atoms with Crippen molar-refractivity contribution in [3.05, 3.63) is 0 Å². The first-order valence-corrected chi connectivity index (χ1v) is 9.00. The average molecular weight is 280 g/mol. The SMILES string of the molecule is CCCCCC(=O)O[C@@H]1CCCC[C@H]1C1CCCCC1. The lowest BCUT2D eigenvalue weighted by Crippen LogP contribution is -2.35. The summed E-state index contributed by atoms with van der Waals surface area (Å²) in [5.74, 6) is 1.56. The normalized spacial score (nSPS) is 28.2. The Morgan fingerprint density at radius 1 is 0.950 bits per heavy atom. The quantitative estimate of drug-likeness (QED) is 0.490. The Morgan fingerprint density at radius 2 is 1.65 bits per heavy atom. The van der Waals surface area contributed by atoms with Gasteiger partial charge in [0.1, 0.15) is 6.10 Å². The van der Waals surface area contributed by atoms with E-state index in [1.165, 1.54) is 57.8 Å². The zero-order chi connectivity index (χ0) is 14.2. The van der Waals surface area contributed by atoms with Crippen molar-refractivity contribution in [1.82, 2.24) is 0 Å². The maximum atomic E-state index is 12.0. The standard InChI is InChI=1S/C18H32O2/c1-2-3-5-14-18(19)20-17-13-9-8-12-16(17)15-10-6-4-7-11-15/h15-17H,2-14H2,1H3/t16-,17+/m0/s1. The van der Waals surface area contributed by atoms with Gasteiger partial charge in [-0.3, -0.25) is 4.79 Å². The average Bonchev–Trinajstić information content (AvgIpc) is 2.49. The van der Waals surface area contributed by atoms with E-state index in [0.717, 1.165) is 25.2 Å². The largest absolute Gasteiger partial charge is 0.462 e. The molecular formula is C18H32O2. The summed E-state index contributed by atoms with van der Waals surface area (Å²) < 4.78 is 5.86. The van der Waals surface area contributed by atoms with Crippen LogP contribution in [0.2, 0.25) is 0 Å². The van der Waals surface area contributed by atoms with Gasteiger partial charge >= 0.3 is 5.97 Å². The van der Waals surface area contributed by atoms with Crippen LogP contribution in [0.1, 0.15) is 90.4 Å². The molecule has 2 saturated carbocycles. The summed E-state index contributed by atoms with van der Waals surface area (Å²) >= 11 is 0. The van der Waals surface area contributed by atoms with Gasteiger partial charge < -0.3 is 4.74 Å². The molecule has 0 aromatic heterocycles. The van der Waals surface area contributed by atoms with E-state index in [0.29, 0.717) is 12.3 Å². The fraction of sp³-hybridized carbons (Fsp3) is 0.944. The van der Waals surface area contributed by atoms with Crippen LogP contribution in [-0.4, -0.2) is 12.1 Å². The smallest absolute Gasteiger partial charge is 0.306 e. The summed E-state index contributed by atoms with van der Waals surface area (Å²) in [4.78, 5) is 12.0. The highest BCUT2D eigenvalue weighted by Gasteiger charge is 2.34. The summed E-state index contributed by atoms with van der Waals surface area (Å²) in [5.41, 5.74) is 0. The molecule has 20 heavy (non-hydrogen) atoms. The third-order valence-corrected chi connectivity index (χ3v) is 5.28. The molecule has 0 spiro atoms. The van der Waals surface area contributed by atoms with Crippen molar-refractivity contribution in [2.75, 3.05) is 0 Å². The van der Waals surface area contributed by atoms with Crippen LogP contribution in [-0.2, 0) is 9.53 Å². The van der Waals surface area contributed by atoms with Gasteiger partial charge in [-0.1, -0.05) is 58.3 Å². The predicted octanol–water partition coefficient (Wildman–Crippen LogP) is 5.25. The lowest BCUT2D eigenvalue weighted by Gasteiger charge is -2.38. The third-order valence-electron chi connectivity index (χ3n) is 5.28. The Hall–Kier alpha value is -0.530. The molecule has 2 fully saturated rings. The molecule has 2 aliphatic rings. The topological polar surface area (TPSA) is 26.3 Å². The van der Waals surface area contributed by atoms with E-state index in [1.807, 2.05) is 0 Å². The molecule has 0 aromatic carbocycles. The monoisotopic (exact) mass is 280 g/mol. The molecule has 0 unspecified atom stereocenters. The highest BCUT2D eigenvalue weighted by atomic mass is 16.5. The highest BCUT2D eigenvalue weighted by Crippen LogP contribution is 2.39. The Morgan fingerprint density at radius 3 is 2.40 bits per heavy atom. The molecule has 2 nitrogen and oxygen atoms in total. The molecule has 0 aromatic rings. The summed E-state index contributed by atoms with van der Waals surface area (Å²) in [7, 11) is 0. The molecule has 116 valence electrons. The maximum Gasteiger partial charge on any atom is 0.306 e. The van der Waals surface area contributed by atoms with Gasteiger partial charge in [0, 0.05) is 6.42 Å². The number of esters is 1. The van der Waals surface area contributed by atoms with Gasteiger partial charge in [-0.2, -0.15) is 0 Å². The Bertz CT molecular complexity index is 281. The van der Waals surface area contributed by atoms with Crippen molar-refractivity contribution in [2.24, 2.45) is 11.8 Å². The minimum absolute atomic E-state index is 0.0613. The number of carbonyl (C=O) groups is 1.